The minimum absolute atomic E-state index is 0.0849. The third-order valence-electron chi connectivity index (χ3n) is 5.08. The molecule has 0 radical (unpaired) electrons. The first-order chi connectivity index (χ1) is 10.7. The monoisotopic (exact) mass is 312 g/mol. The summed E-state index contributed by atoms with van der Waals surface area (Å²) >= 11 is 0. The van der Waals surface area contributed by atoms with Gasteiger partial charge in [-0.3, -0.25) is 9.69 Å². The van der Waals surface area contributed by atoms with Gasteiger partial charge in [-0.15, -0.1) is 0 Å². The van der Waals surface area contributed by atoms with Gasteiger partial charge >= 0.3 is 0 Å². The highest BCUT2D eigenvalue weighted by molar-refractivity contribution is 5.82. The molecule has 5 heteroatoms. The molecule has 1 aliphatic carbocycles. The molecule has 0 N–H and O–H groups in total. The van der Waals surface area contributed by atoms with Crippen molar-refractivity contribution in [3.05, 3.63) is 0 Å². The van der Waals surface area contributed by atoms with Gasteiger partial charge in [-0.05, 0) is 25.8 Å². The van der Waals surface area contributed by atoms with Crippen molar-refractivity contribution in [1.82, 2.24) is 9.80 Å². The van der Waals surface area contributed by atoms with Gasteiger partial charge in [0.25, 0.3) is 0 Å². The number of carbonyl (C=O) groups excluding carboxylic acids is 1. The SMILES string of the molecule is COCCOCCN1CCCN(C(=O)C2(C)CCCC2)CC1. The number of amides is 1. The zero-order valence-corrected chi connectivity index (χ0v) is 14.3. The Morgan fingerprint density at radius 2 is 1.77 bits per heavy atom. The molecule has 1 amide bonds. The van der Waals surface area contributed by atoms with Crippen molar-refractivity contribution in [3.8, 4) is 0 Å². The summed E-state index contributed by atoms with van der Waals surface area (Å²) in [5.41, 5.74) is -0.0849. The number of rotatable bonds is 7. The van der Waals surface area contributed by atoms with E-state index in [4.69, 9.17) is 9.47 Å². The number of methoxy groups -OCH3 is 1. The average Bonchev–Trinajstić information content (AvgIpc) is 2.83. The van der Waals surface area contributed by atoms with Crippen LogP contribution in [0.15, 0.2) is 0 Å². The van der Waals surface area contributed by atoms with E-state index in [2.05, 4.69) is 16.7 Å². The fourth-order valence-electron chi connectivity index (χ4n) is 3.59. The van der Waals surface area contributed by atoms with Gasteiger partial charge in [-0.25, -0.2) is 0 Å². The van der Waals surface area contributed by atoms with Crippen LogP contribution in [0.2, 0.25) is 0 Å². The van der Waals surface area contributed by atoms with Gasteiger partial charge in [-0.1, -0.05) is 19.8 Å². The van der Waals surface area contributed by atoms with Crippen molar-refractivity contribution in [2.45, 2.75) is 39.0 Å². The molecular weight excluding hydrogens is 280 g/mol. The molecule has 0 bridgehead atoms. The van der Waals surface area contributed by atoms with Crippen molar-refractivity contribution in [2.75, 3.05) is 59.7 Å². The maximum Gasteiger partial charge on any atom is 0.228 e. The van der Waals surface area contributed by atoms with Crippen LogP contribution in [0.3, 0.4) is 0 Å². The molecule has 1 saturated heterocycles. The lowest BCUT2D eigenvalue weighted by atomic mass is 9.87. The number of carbonyl (C=O) groups is 1. The van der Waals surface area contributed by atoms with E-state index < -0.39 is 0 Å². The van der Waals surface area contributed by atoms with Crippen LogP contribution in [0.5, 0.6) is 0 Å². The third-order valence-corrected chi connectivity index (χ3v) is 5.08. The first-order valence-electron chi connectivity index (χ1n) is 8.74. The Morgan fingerprint density at radius 3 is 2.50 bits per heavy atom. The molecule has 0 aromatic carbocycles. The number of nitrogens with zero attached hydrogens (tertiary/aromatic N) is 2. The predicted molar refractivity (Wildman–Crippen MR) is 86.9 cm³/mol. The second kappa shape index (κ2) is 8.85. The molecule has 0 atom stereocenters. The van der Waals surface area contributed by atoms with Crippen LogP contribution >= 0.6 is 0 Å². The quantitative estimate of drug-likeness (QED) is 0.672. The van der Waals surface area contributed by atoms with Crippen LogP contribution in [-0.4, -0.2) is 75.4 Å². The van der Waals surface area contributed by atoms with Gasteiger partial charge in [-0.2, -0.15) is 0 Å². The molecule has 0 unspecified atom stereocenters. The normalized spacial score (nSPS) is 22.7. The van der Waals surface area contributed by atoms with E-state index in [9.17, 15) is 4.79 Å². The van der Waals surface area contributed by atoms with Gasteiger partial charge in [0.15, 0.2) is 0 Å². The van der Waals surface area contributed by atoms with Crippen LogP contribution in [0.4, 0.5) is 0 Å². The summed E-state index contributed by atoms with van der Waals surface area (Å²) in [6.45, 7) is 8.98. The maximum atomic E-state index is 12.8. The highest BCUT2D eigenvalue weighted by Crippen LogP contribution is 2.39. The summed E-state index contributed by atoms with van der Waals surface area (Å²) in [6, 6.07) is 0. The van der Waals surface area contributed by atoms with Crippen molar-refractivity contribution >= 4 is 5.91 Å². The molecule has 2 aliphatic rings. The molecule has 1 saturated carbocycles. The van der Waals surface area contributed by atoms with Crippen LogP contribution in [-0.2, 0) is 14.3 Å². The van der Waals surface area contributed by atoms with E-state index in [1.54, 1.807) is 7.11 Å². The van der Waals surface area contributed by atoms with Crippen molar-refractivity contribution in [3.63, 3.8) is 0 Å². The highest BCUT2D eigenvalue weighted by atomic mass is 16.5. The largest absolute Gasteiger partial charge is 0.382 e. The first-order valence-corrected chi connectivity index (χ1v) is 8.74. The van der Waals surface area contributed by atoms with E-state index in [1.165, 1.54) is 12.8 Å². The molecule has 5 nitrogen and oxygen atoms in total. The Balaban J connectivity index is 1.71. The van der Waals surface area contributed by atoms with E-state index in [-0.39, 0.29) is 5.41 Å². The number of ether oxygens (including phenoxy) is 2. The van der Waals surface area contributed by atoms with Gasteiger partial charge < -0.3 is 14.4 Å². The fraction of sp³-hybridized carbons (Fsp3) is 0.941. The van der Waals surface area contributed by atoms with Crippen LogP contribution < -0.4 is 0 Å². The molecule has 0 aromatic heterocycles. The lowest BCUT2D eigenvalue weighted by molar-refractivity contribution is -0.140. The molecular formula is C17H32N2O3. The predicted octanol–water partition coefficient (Wildman–Crippen LogP) is 1.76. The smallest absolute Gasteiger partial charge is 0.228 e. The van der Waals surface area contributed by atoms with Gasteiger partial charge in [0, 0.05) is 38.7 Å². The van der Waals surface area contributed by atoms with Crippen molar-refractivity contribution in [1.29, 1.82) is 0 Å². The summed E-state index contributed by atoms with van der Waals surface area (Å²) in [5, 5.41) is 0. The van der Waals surface area contributed by atoms with E-state index >= 15 is 0 Å². The van der Waals surface area contributed by atoms with Crippen LogP contribution in [0.1, 0.15) is 39.0 Å². The topological polar surface area (TPSA) is 42.0 Å². The minimum atomic E-state index is -0.0849. The molecule has 1 aliphatic heterocycles. The molecule has 2 fully saturated rings. The lowest BCUT2D eigenvalue weighted by Crippen LogP contribution is -2.43. The van der Waals surface area contributed by atoms with Gasteiger partial charge in [0.2, 0.25) is 5.91 Å². The second-order valence-electron chi connectivity index (χ2n) is 6.86. The van der Waals surface area contributed by atoms with Gasteiger partial charge in [0.1, 0.15) is 0 Å². The zero-order chi connectivity index (χ0) is 15.8. The van der Waals surface area contributed by atoms with E-state index in [0.717, 1.165) is 58.6 Å². The highest BCUT2D eigenvalue weighted by Gasteiger charge is 2.39. The van der Waals surface area contributed by atoms with Gasteiger partial charge in [0.05, 0.1) is 19.8 Å². The summed E-state index contributed by atoms with van der Waals surface area (Å²) in [7, 11) is 1.69. The van der Waals surface area contributed by atoms with Crippen molar-refractivity contribution < 1.29 is 14.3 Å². The average molecular weight is 312 g/mol. The molecule has 0 spiro atoms. The molecule has 22 heavy (non-hydrogen) atoms. The lowest BCUT2D eigenvalue weighted by Gasteiger charge is -2.31. The molecule has 1 heterocycles. The Labute approximate surface area is 134 Å². The van der Waals surface area contributed by atoms with E-state index in [0.29, 0.717) is 19.1 Å². The third kappa shape index (κ3) is 4.93. The summed E-state index contributed by atoms with van der Waals surface area (Å²) in [6.07, 6.45) is 5.63. The van der Waals surface area contributed by atoms with Crippen LogP contribution in [0, 0.1) is 5.41 Å². The fourth-order valence-corrected chi connectivity index (χ4v) is 3.59. The summed E-state index contributed by atoms with van der Waals surface area (Å²) in [5.74, 6) is 0.392. The zero-order valence-electron chi connectivity index (χ0n) is 14.3. The standard InChI is InChI=1S/C17H32N2O3/c1-17(6-3-4-7-17)16(20)19-9-5-8-18(10-11-19)12-13-22-15-14-21-2/h3-15H2,1-2H3. The van der Waals surface area contributed by atoms with Crippen molar-refractivity contribution in [2.24, 2.45) is 5.41 Å². The second-order valence-corrected chi connectivity index (χ2v) is 6.86. The number of hydrogen-bond donors (Lipinski definition) is 0. The Hall–Kier alpha value is -0.650. The molecule has 2 rings (SSSR count). The number of hydrogen-bond acceptors (Lipinski definition) is 4. The van der Waals surface area contributed by atoms with Crippen LogP contribution in [0.25, 0.3) is 0 Å². The first kappa shape index (κ1) is 17.7. The Kier molecular flexibility index (Phi) is 7.12. The molecule has 0 aromatic rings. The minimum Gasteiger partial charge on any atom is -0.382 e. The Bertz CT molecular complexity index is 343. The van der Waals surface area contributed by atoms with E-state index in [1.807, 2.05) is 0 Å². The molecule has 128 valence electrons. The Morgan fingerprint density at radius 1 is 1.00 bits per heavy atom. The maximum absolute atomic E-state index is 12.8. The summed E-state index contributed by atoms with van der Waals surface area (Å²) in [4.78, 5) is 17.3. The summed E-state index contributed by atoms with van der Waals surface area (Å²) < 4.78 is 10.5.